The van der Waals surface area contributed by atoms with E-state index in [9.17, 15) is 4.79 Å². The van der Waals surface area contributed by atoms with Gasteiger partial charge in [0, 0.05) is 10.9 Å². The first-order valence-electron chi connectivity index (χ1n) is 6.17. The molecule has 0 saturated heterocycles. The van der Waals surface area contributed by atoms with E-state index in [-0.39, 0.29) is 17.9 Å². The first-order valence-corrected chi connectivity index (χ1v) is 6.55. The van der Waals surface area contributed by atoms with E-state index in [0.717, 1.165) is 23.4 Å². The van der Waals surface area contributed by atoms with Crippen LogP contribution in [0.2, 0.25) is 5.02 Å². The van der Waals surface area contributed by atoms with Crippen LogP contribution in [0.3, 0.4) is 0 Å². The summed E-state index contributed by atoms with van der Waals surface area (Å²) in [7, 11) is 0. The molecule has 1 aromatic carbocycles. The number of nitrogens with one attached hydrogen (secondary N) is 1. The van der Waals surface area contributed by atoms with Gasteiger partial charge in [-0.05, 0) is 36.5 Å². The van der Waals surface area contributed by atoms with E-state index in [1.54, 1.807) is 0 Å². The largest absolute Gasteiger partial charge is 0.349 e. The van der Waals surface area contributed by atoms with Gasteiger partial charge in [-0.1, -0.05) is 37.6 Å². The highest BCUT2D eigenvalue weighted by Gasteiger charge is 2.39. The van der Waals surface area contributed by atoms with Crippen LogP contribution in [-0.2, 0) is 4.79 Å². The second-order valence-electron chi connectivity index (χ2n) is 4.84. The molecule has 1 fully saturated rings. The zero-order chi connectivity index (χ0) is 12.4. The maximum atomic E-state index is 11.9. The van der Waals surface area contributed by atoms with E-state index in [4.69, 9.17) is 11.6 Å². The molecule has 1 aliphatic rings. The van der Waals surface area contributed by atoms with Crippen molar-refractivity contribution in [3.05, 3.63) is 34.9 Å². The lowest BCUT2D eigenvalue weighted by Gasteiger charge is -2.17. The van der Waals surface area contributed by atoms with Crippen LogP contribution in [0.5, 0.6) is 0 Å². The molecule has 0 bridgehead atoms. The molecule has 1 aliphatic carbocycles. The van der Waals surface area contributed by atoms with Crippen molar-refractivity contribution in [2.45, 2.75) is 32.7 Å². The molecule has 1 N–H and O–H groups in total. The number of benzene rings is 1. The Morgan fingerprint density at radius 2 is 2.29 bits per heavy atom. The number of halogens is 1. The van der Waals surface area contributed by atoms with Crippen LogP contribution >= 0.6 is 11.6 Å². The van der Waals surface area contributed by atoms with E-state index in [0.29, 0.717) is 5.92 Å². The molecule has 0 aliphatic heterocycles. The zero-order valence-corrected chi connectivity index (χ0v) is 11.0. The van der Waals surface area contributed by atoms with Crippen LogP contribution in [0.4, 0.5) is 0 Å². The lowest BCUT2D eigenvalue weighted by atomic mass is 10.0. The maximum absolute atomic E-state index is 11.9. The Balaban J connectivity index is 2.03. The number of carbonyl (C=O) groups excluding carboxylic acids is 1. The number of rotatable bonds is 4. The van der Waals surface area contributed by atoms with Gasteiger partial charge in [0.15, 0.2) is 0 Å². The number of amides is 1. The number of carbonyl (C=O) groups is 1. The molecule has 17 heavy (non-hydrogen) atoms. The minimum absolute atomic E-state index is 0.0778. The van der Waals surface area contributed by atoms with E-state index in [1.807, 2.05) is 24.3 Å². The molecule has 1 amide bonds. The van der Waals surface area contributed by atoms with E-state index < -0.39 is 0 Å². The van der Waals surface area contributed by atoms with Crippen LogP contribution < -0.4 is 5.32 Å². The maximum Gasteiger partial charge on any atom is 0.223 e. The summed E-state index contributed by atoms with van der Waals surface area (Å²) in [6.45, 7) is 4.19. The van der Waals surface area contributed by atoms with Crippen LogP contribution in [-0.4, -0.2) is 5.91 Å². The summed E-state index contributed by atoms with van der Waals surface area (Å²) in [6, 6.07) is 7.78. The van der Waals surface area contributed by atoms with Crippen molar-refractivity contribution in [2.24, 2.45) is 11.8 Å². The Hall–Kier alpha value is -1.02. The fraction of sp³-hybridized carbons (Fsp3) is 0.500. The molecule has 2 rings (SSSR count). The van der Waals surface area contributed by atoms with Gasteiger partial charge >= 0.3 is 0 Å². The van der Waals surface area contributed by atoms with Gasteiger partial charge in [-0.15, -0.1) is 0 Å². The smallest absolute Gasteiger partial charge is 0.223 e. The summed E-state index contributed by atoms with van der Waals surface area (Å²) >= 11 is 5.97. The summed E-state index contributed by atoms with van der Waals surface area (Å²) in [6.07, 6.45) is 1.91. The van der Waals surface area contributed by atoms with Crippen molar-refractivity contribution in [2.75, 3.05) is 0 Å². The molecule has 0 radical (unpaired) electrons. The van der Waals surface area contributed by atoms with Gasteiger partial charge in [-0.2, -0.15) is 0 Å². The van der Waals surface area contributed by atoms with Gasteiger partial charge in [0.1, 0.15) is 0 Å². The molecule has 1 aromatic rings. The fourth-order valence-corrected chi connectivity index (χ4v) is 2.31. The molecule has 1 saturated carbocycles. The summed E-state index contributed by atoms with van der Waals surface area (Å²) in [5.41, 5.74) is 1.08. The predicted octanol–water partition coefficient (Wildman–Crippen LogP) is 3.56. The Morgan fingerprint density at radius 1 is 1.59 bits per heavy atom. The first-order chi connectivity index (χ1) is 8.11. The molecule has 92 valence electrons. The van der Waals surface area contributed by atoms with Crippen LogP contribution in [0, 0.1) is 11.8 Å². The Bertz CT molecular complexity index is 418. The number of hydrogen-bond acceptors (Lipinski definition) is 1. The van der Waals surface area contributed by atoms with Gasteiger partial charge in [0.2, 0.25) is 5.91 Å². The average Bonchev–Trinajstić information content (AvgIpc) is 3.03. The summed E-state index contributed by atoms with van der Waals surface area (Å²) in [5.74, 6) is 0.958. The lowest BCUT2D eigenvalue weighted by Crippen LogP contribution is -2.29. The van der Waals surface area contributed by atoms with Gasteiger partial charge in [-0.3, -0.25) is 4.79 Å². The van der Waals surface area contributed by atoms with Gasteiger partial charge in [-0.25, -0.2) is 0 Å². The van der Waals surface area contributed by atoms with Crippen LogP contribution in [0.1, 0.15) is 38.3 Å². The van der Waals surface area contributed by atoms with Crippen molar-refractivity contribution in [3.8, 4) is 0 Å². The summed E-state index contributed by atoms with van der Waals surface area (Å²) < 4.78 is 0. The summed E-state index contributed by atoms with van der Waals surface area (Å²) in [4.78, 5) is 11.9. The molecule has 2 nitrogen and oxygen atoms in total. The quantitative estimate of drug-likeness (QED) is 0.871. The molecule has 3 atom stereocenters. The SMILES string of the molecule is CCC(NC(=O)C1CC1C)c1cccc(Cl)c1. The Kier molecular flexibility index (Phi) is 3.72. The first kappa shape index (κ1) is 12.4. The van der Waals surface area contributed by atoms with Gasteiger partial charge in [0.25, 0.3) is 0 Å². The minimum Gasteiger partial charge on any atom is -0.349 e. The van der Waals surface area contributed by atoms with E-state index in [1.165, 1.54) is 0 Å². The van der Waals surface area contributed by atoms with Crippen molar-refractivity contribution in [3.63, 3.8) is 0 Å². The zero-order valence-electron chi connectivity index (χ0n) is 10.2. The second kappa shape index (κ2) is 5.09. The molecule has 0 heterocycles. The third-order valence-electron chi connectivity index (χ3n) is 3.42. The van der Waals surface area contributed by atoms with Gasteiger partial charge < -0.3 is 5.32 Å². The lowest BCUT2D eigenvalue weighted by molar-refractivity contribution is -0.123. The van der Waals surface area contributed by atoms with Crippen molar-refractivity contribution < 1.29 is 4.79 Å². The third-order valence-corrected chi connectivity index (χ3v) is 3.66. The fourth-order valence-electron chi connectivity index (χ4n) is 2.11. The summed E-state index contributed by atoms with van der Waals surface area (Å²) in [5, 5.41) is 3.82. The molecular formula is C14H18ClNO. The van der Waals surface area contributed by atoms with E-state index >= 15 is 0 Å². The Morgan fingerprint density at radius 3 is 2.82 bits per heavy atom. The molecule has 0 aromatic heterocycles. The molecule has 0 spiro atoms. The Labute approximate surface area is 107 Å². The highest BCUT2D eigenvalue weighted by atomic mass is 35.5. The molecule has 3 unspecified atom stereocenters. The van der Waals surface area contributed by atoms with Crippen molar-refractivity contribution in [1.82, 2.24) is 5.32 Å². The standard InChI is InChI=1S/C14H18ClNO/c1-3-13(10-5-4-6-11(15)8-10)16-14(17)12-7-9(12)2/h4-6,8-9,12-13H,3,7H2,1-2H3,(H,16,17). The predicted molar refractivity (Wildman–Crippen MR) is 69.9 cm³/mol. The highest BCUT2D eigenvalue weighted by Crippen LogP contribution is 2.38. The normalized spacial score (nSPS) is 24.2. The molecular weight excluding hydrogens is 234 g/mol. The third kappa shape index (κ3) is 3.01. The van der Waals surface area contributed by atoms with Gasteiger partial charge in [0.05, 0.1) is 6.04 Å². The highest BCUT2D eigenvalue weighted by molar-refractivity contribution is 6.30. The van der Waals surface area contributed by atoms with Crippen LogP contribution in [0.15, 0.2) is 24.3 Å². The second-order valence-corrected chi connectivity index (χ2v) is 5.28. The van der Waals surface area contributed by atoms with Crippen LogP contribution in [0.25, 0.3) is 0 Å². The topological polar surface area (TPSA) is 29.1 Å². The van der Waals surface area contributed by atoms with Crippen molar-refractivity contribution >= 4 is 17.5 Å². The van der Waals surface area contributed by atoms with E-state index in [2.05, 4.69) is 19.2 Å². The van der Waals surface area contributed by atoms with Crippen molar-refractivity contribution in [1.29, 1.82) is 0 Å². The minimum atomic E-state index is 0.0778. The average molecular weight is 252 g/mol. The monoisotopic (exact) mass is 251 g/mol. The number of hydrogen-bond donors (Lipinski definition) is 1. The molecule has 3 heteroatoms.